The number of furan rings is 1. The summed E-state index contributed by atoms with van der Waals surface area (Å²) >= 11 is 0. The second kappa shape index (κ2) is 5.36. The Morgan fingerprint density at radius 2 is 2.00 bits per heavy atom. The molecule has 0 aliphatic rings. The van der Waals surface area contributed by atoms with Crippen LogP contribution in [0.3, 0.4) is 0 Å². The first-order valence-corrected chi connectivity index (χ1v) is 6.45. The average molecular weight is 285 g/mol. The molecular formula is C16H15NO4. The summed E-state index contributed by atoms with van der Waals surface area (Å²) in [5.74, 6) is 1.76. The lowest BCUT2D eigenvalue weighted by Gasteiger charge is -2.14. The van der Waals surface area contributed by atoms with Crippen molar-refractivity contribution in [2.24, 2.45) is 0 Å². The summed E-state index contributed by atoms with van der Waals surface area (Å²) in [6, 6.07) is 5.48. The average Bonchev–Trinajstić information content (AvgIpc) is 2.98. The predicted molar refractivity (Wildman–Crippen MR) is 80.3 cm³/mol. The van der Waals surface area contributed by atoms with Gasteiger partial charge in [-0.3, -0.25) is 0 Å². The van der Waals surface area contributed by atoms with Crippen molar-refractivity contribution in [1.82, 2.24) is 4.98 Å². The summed E-state index contributed by atoms with van der Waals surface area (Å²) in [4.78, 5) is 4.56. The molecule has 2 aromatic heterocycles. The van der Waals surface area contributed by atoms with Gasteiger partial charge in [-0.2, -0.15) is 0 Å². The van der Waals surface area contributed by atoms with E-state index in [2.05, 4.69) is 11.6 Å². The van der Waals surface area contributed by atoms with Crippen LogP contribution in [-0.4, -0.2) is 25.8 Å². The van der Waals surface area contributed by atoms with Gasteiger partial charge in [-0.05, 0) is 12.1 Å². The number of pyridine rings is 1. The highest BCUT2D eigenvalue weighted by Crippen LogP contribution is 2.43. The van der Waals surface area contributed by atoms with Gasteiger partial charge in [0.25, 0.3) is 0 Å². The molecule has 3 rings (SSSR count). The number of ether oxygens (including phenoxy) is 3. The van der Waals surface area contributed by atoms with Crippen LogP contribution < -0.4 is 14.2 Å². The Hall–Kier alpha value is -2.69. The Morgan fingerprint density at radius 3 is 2.71 bits per heavy atom. The molecule has 0 bridgehead atoms. The van der Waals surface area contributed by atoms with Crippen molar-refractivity contribution in [3.63, 3.8) is 0 Å². The fraction of sp³-hybridized carbons (Fsp3) is 0.188. The molecule has 5 heteroatoms. The van der Waals surface area contributed by atoms with Crippen LogP contribution in [-0.2, 0) is 0 Å². The summed E-state index contributed by atoms with van der Waals surface area (Å²) in [5.41, 5.74) is 2.07. The van der Waals surface area contributed by atoms with E-state index in [4.69, 9.17) is 18.6 Å². The monoisotopic (exact) mass is 285 g/mol. The van der Waals surface area contributed by atoms with Crippen LogP contribution in [0.2, 0.25) is 0 Å². The molecular weight excluding hydrogens is 270 g/mol. The smallest absolute Gasteiger partial charge is 0.194 e. The van der Waals surface area contributed by atoms with Gasteiger partial charge in [-0.1, -0.05) is 12.7 Å². The van der Waals surface area contributed by atoms with Crippen LogP contribution in [0, 0.1) is 0 Å². The SMILES string of the molecule is C=CCOc1c(OC)ccc2nc3ccoc3c(OC)c12. The number of methoxy groups -OCH3 is 2. The maximum atomic E-state index is 5.75. The molecule has 3 aromatic rings. The van der Waals surface area contributed by atoms with Gasteiger partial charge in [-0.25, -0.2) is 4.98 Å². The number of fused-ring (bicyclic) bond motifs is 2. The molecule has 0 amide bonds. The fourth-order valence-corrected chi connectivity index (χ4v) is 2.31. The van der Waals surface area contributed by atoms with Crippen molar-refractivity contribution >= 4 is 22.0 Å². The zero-order valence-electron chi connectivity index (χ0n) is 11.9. The second-order valence-corrected chi connectivity index (χ2v) is 4.37. The third-order valence-electron chi connectivity index (χ3n) is 3.19. The topological polar surface area (TPSA) is 53.7 Å². The van der Waals surface area contributed by atoms with E-state index in [0.717, 1.165) is 16.4 Å². The van der Waals surface area contributed by atoms with Crippen LogP contribution in [0.5, 0.6) is 17.2 Å². The standard InChI is InChI=1S/C16H15NO4/c1-4-8-20-15-12(18-2)6-5-10-13(15)16(19-3)14-11(17-10)7-9-21-14/h4-7,9H,1,8H2,2-3H3. The second-order valence-electron chi connectivity index (χ2n) is 4.37. The molecule has 0 aliphatic heterocycles. The number of aromatic nitrogens is 1. The van der Waals surface area contributed by atoms with Gasteiger partial charge >= 0.3 is 0 Å². The first-order valence-electron chi connectivity index (χ1n) is 6.45. The molecule has 0 spiro atoms. The minimum Gasteiger partial charge on any atom is -0.493 e. The molecule has 0 aliphatic carbocycles. The molecule has 0 atom stereocenters. The van der Waals surface area contributed by atoms with Gasteiger partial charge in [0.05, 0.1) is 31.4 Å². The normalized spacial score (nSPS) is 10.8. The quantitative estimate of drug-likeness (QED) is 0.671. The van der Waals surface area contributed by atoms with E-state index in [-0.39, 0.29) is 0 Å². The Kier molecular flexibility index (Phi) is 3.39. The maximum Gasteiger partial charge on any atom is 0.194 e. The van der Waals surface area contributed by atoms with E-state index in [9.17, 15) is 0 Å². The Labute approximate surface area is 121 Å². The minimum absolute atomic E-state index is 0.356. The molecule has 0 radical (unpaired) electrons. The molecule has 0 fully saturated rings. The van der Waals surface area contributed by atoms with Crippen LogP contribution in [0.1, 0.15) is 0 Å². The predicted octanol–water partition coefficient (Wildman–Crippen LogP) is 3.56. The van der Waals surface area contributed by atoms with Crippen LogP contribution in [0.15, 0.2) is 41.5 Å². The lowest BCUT2D eigenvalue weighted by molar-refractivity contribution is 0.328. The molecule has 5 nitrogen and oxygen atoms in total. The molecule has 1 aromatic carbocycles. The van der Waals surface area contributed by atoms with Gasteiger partial charge in [0.15, 0.2) is 22.8 Å². The van der Waals surface area contributed by atoms with Gasteiger partial charge in [0.1, 0.15) is 12.1 Å². The first-order chi connectivity index (χ1) is 10.3. The number of rotatable bonds is 5. The zero-order valence-corrected chi connectivity index (χ0v) is 11.9. The van der Waals surface area contributed by atoms with Crippen molar-refractivity contribution in [3.05, 3.63) is 37.1 Å². The van der Waals surface area contributed by atoms with E-state index in [1.54, 1.807) is 32.6 Å². The fourth-order valence-electron chi connectivity index (χ4n) is 2.31. The van der Waals surface area contributed by atoms with E-state index in [1.165, 1.54) is 0 Å². The minimum atomic E-state index is 0.356. The third kappa shape index (κ3) is 2.07. The number of hydrogen-bond donors (Lipinski definition) is 0. The highest BCUT2D eigenvalue weighted by molar-refractivity contribution is 6.02. The lowest BCUT2D eigenvalue weighted by atomic mass is 10.1. The molecule has 0 saturated heterocycles. The van der Waals surface area contributed by atoms with Crippen LogP contribution in [0.4, 0.5) is 0 Å². The van der Waals surface area contributed by atoms with Crippen molar-refractivity contribution in [3.8, 4) is 17.2 Å². The molecule has 0 unspecified atom stereocenters. The van der Waals surface area contributed by atoms with Gasteiger partial charge in [-0.15, -0.1) is 0 Å². The zero-order chi connectivity index (χ0) is 14.8. The summed E-state index contributed by atoms with van der Waals surface area (Å²) in [7, 11) is 3.18. The highest BCUT2D eigenvalue weighted by atomic mass is 16.5. The van der Waals surface area contributed by atoms with E-state index >= 15 is 0 Å². The molecule has 0 saturated carbocycles. The van der Waals surface area contributed by atoms with Crippen molar-refractivity contribution in [1.29, 1.82) is 0 Å². The van der Waals surface area contributed by atoms with Gasteiger partial charge in [0.2, 0.25) is 0 Å². The summed E-state index contributed by atoms with van der Waals surface area (Å²) < 4.78 is 22.1. The van der Waals surface area contributed by atoms with Crippen molar-refractivity contribution in [2.45, 2.75) is 0 Å². The van der Waals surface area contributed by atoms with Crippen molar-refractivity contribution < 1.29 is 18.6 Å². The Bertz CT molecular complexity index is 807. The number of nitrogens with zero attached hydrogens (tertiary/aromatic N) is 1. The largest absolute Gasteiger partial charge is 0.493 e. The number of hydrogen-bond acceptors (Lipinski definition) is 5. The molecule has 0 N–H and O–H groups in total. The van der Waals surface area contributed by atoms with Gasteiger partial charge < -0.3 is 18.6 Å². The summed E-state index contributed by atoms with van der Waals surface area (Å²) in [6.45, 7) is 4.02. The third-order valence-corrected chi connectivity index (χ3v) is 3.19. The van der Waals surface area contributed by atoms with E-state index in [0.29, 0.717) is 29.4 Å². The Morgan fingerprint density at radius 1 is 1.14 bits per heavy atom. The van der Waals surface area contributed by atoms with Crippen LogP contribution >= 0.6 is 0 Å². The summed E-state index contributed by atoms with van der Waals surface area (Å²) in [6.07, 6.45) is 3.25. The Balaban J connectivity index is 2.40. The maximum absolute atomic E-state index is 5.75. The molecule has 2 heterocycles. The van der Waals surface area contributed by atoms with E-state index < -0.39 is 0 Å². The first kappa shape index (κ1) is 13.3. The van der Waals surface area contributed by atoms with Gasteiger partial charge in [0, 0.05) is 6.07 Å². The molecule has 21 heavy (non-hydrogen) atoms. The summed E-state index contributed by atoms with van der Waals surface area (Å²) in [5, 5.41) is 0.723. The van der Waals surface area contributed by atoms with Crippen LogP contribution in [0.25, 0.3) is 22.0 Å². The number of benzene rings is 1. The molecule has 108 valence electrons. The van der Waals surface area contributed by atoms with Crippen molar-refractivity contribution in [2.75, 3.05) is 20.8 Å². The highest BCUT2D eigenvalue weighted by Gasteiger charge is 2.19. The lowest BCUT2D eigenvalue weighted by Crippen LogP contribution is -1.99. The van der Waals surface area contributed by atoms with E-state index in [1.807, 2.05) is 12.1 Å².